The van der Waals surface area contributed by atoms with Gasteiger partial charge in [0.05, 0.1) is 22.9 Å². The van der Waals surface area contributed by atoms with E-state index in [-0.39, 0.29) is 4.90 Å². The maximum absolute atomic E-state index is 12.0. The molecule has 0 saturated heterocycles. The molecule has 1 aromatic carbocycles. The molecule has 1 rings (SSSR count). The van der Waals surface area contributed by atoms with E-state index in [2.05, 4.69) is 0 Å². The van der Waals surface area contributed by atoms with Gasteiger partial charge in [-0.05, 0) is 25.1 Å². The summed E-state index contributed by atoms with van der Waals surface area (Å²) in [6.45, 7) is 4.08. The standard InChI is InChI=1S/C13H23N3O3S/c1-5-16(8-9-19-4)13-7-6-11(10-12(13)14)20(17,18)15(2)3/h6-7,10H,5,8-9,14H2,1-4H3. The second kappa shape index (κ2) is 6.92. The minimum absolute atomic E-state index is 0.201. The summed E-state index contributed by atoms with van der Waals surface area (Å²) in [7, 11) is 1.18. The van der Waals surface area contributed by atoms with E-state index in [4.69, 9.17) is 10.5 Å². The molecule has 7 heteroatoms. The highest BCUT2D eigenvalue weighted by Crippen LogP contribution is 2.27. The molecule has 114 valence electrons. The average molecular weight is 301 g/mol. The van der Waals surface area contributed by atoms with Gasteiger partial charge in [0.1, 0.15) is 0 Å². The highest BCUT2D eigenvalue weighted by atomic mass is 32.2. The van der Waals surface area contributed by atoms with Crippen molar-refractivity contribution in [1.82, 2.24) is 4.31 Å². The van der Waals surface area contributed by atoms with Crippen molar-refractivity contribution in [3.05, 3.63) is 18.2 Å². The van der Waals surface area contributed by atoms with Crippen LogP contribution in [0.2, 0.25) is 0 Å². The summed E-state index contributed by atoms with van der Waals surface area (Å²) >= 11 is 0. The molecule has 0 aliphatic heterocycles. The van der Waals surface area contributed by atoms with Crippen LogP contribution < -0.4 is 10.6 Å². The van der Waals surface area contributed by atoms with Gasteiger partial charge in [-0.25, -0.2) is 12.7 Å². The van der Waals surface area contributed by atoms with Crippen LogP contribution in [0.4, 0.5) is 11.4 Å². The second-order valence-corrected chi connectivity index (χ2v) is 6.73. The number of methoxy groups -OCH3 is 1. The molecule has 0 unspecified atom stereocenters. The smallest absolute Gasteiger partial charge is 0.242 e. The highest BCUT2D eigenvalue weighted by Gasteiger charge is 2.19. The van der Waals surface area contributed by atoms with Crippen molar-refractivity contribution >= 4 is 21.4 Å². The van der Waals surface area contributed by atoms with Crippen molar-refractivity contribution in [2.75, 3.05) is 51.5 Å². The fourth-order valence-electron chi connectivity index (χ4n) is 1.84. The van der Waals surface area contributed by atoms with E-state index < -0.39 is 10.0 Å². The van der Waals surface area contributed by atoms with Gasteiger partial charge in [-0.3, -0.25) is 0 Å². The number of rotatable bonds is 7. The summed E-state index contributed by atoms with van der Waals surface area (Å²) in [5, 5.41) is 0. The zero-order valence-electron chi connectivity index (χ0n) is 12.5. The lowest BCUT2D eigenvalue weighted by Gasteiger charge is -2.24. The molecule has 0 amide bonds. The zero-order chi connectivity index (χ0) is 15.3. The molecule has 0 heterocycles. The number of nitrogens with two attached hydrogens (primary N) is 1. The third-order valence-corrected chi connectivity index (χ3v) is 4.88. The molecule has 0 spiro atoms. The fourth-order valence-corrected chi connectivity index (χ4v) is 2.78. The van der Waals surface area contributed by atoms with Crippen molar-refractivity contribution < 1.29 is 13.2 Å². The Kier molecular flexibility index (Phi) is 5.79. The molecule has 0 saturated carbocycles. The maximum atomic E-state index is 12.0. The summed E-state index contributed by atoms with van der Waals surface area (Å²) in [5.41, 5.74) is 7.27. The minimum Gasteiger partial charge on any atom is -0.397 e. The summed E-state index contributed by atoms with van der Waals surface area (Å²) < 4.78 is 30.3. The van der Waals surface area contributed by atoms with Gasteiger partial charge in [-0.2, -0.15) is 0 Å². The molecule has 6 nitrogen and oxygen atoms in total. The van der Waals surface area contributed by atoms with Crippen molar-refractivity contribution in [3.8, 4) is 0 Å². The van der Waals surface area contributed by atoms with Gasteiger partial charge in [0.15, 0.2) is 0 Å². The van der Waals surface area contributed by atoms with Crippen LogP contribution in [0.5, 0.6) is 0 Å². The Morgan fingerprint density at radius 2 is 1.95 bits per heavy atom. The lowest BCUT2D eigenvalue weighted by Crippen LogP contribution is -2.28. The Labute approximate surface area is 121 Å². The normalized spacial score (nSPS) is 11.8. The van der Waals surface area contributed by atoms with E-state index in [0.717, 1.165) is 12.2 Å². The number of likely N-dealkylation sites (N-methyl/N-ethyl adjacent to an activating group) is 1. The largest absolute Gasteiger partial charge is 0.397 e. The van der Waals surface area contributed by atoms with E-state index in [9.17, 15) is 8.42 Å². The van der Waals surface area contributed by atoms with E-state index in [1.54, 1.807) is 19.2 Å². The summed E-state index contributed by atoms with van der Waals surface area (Å²) in [6, 6.07) is 4.82. The molecule has 1 aromatic rings. The molecule has 2 N–H and O–H groups in total. The number of hydrogen-bond acceptors (Lipinski definition) is 5. The van der Waals surface area contributed by atoms with Gasteiger partial charge in [0.2, 0.25) is 10.0 Å². The van der Waals surface area contributed by atoms with Gasteiger partial charge < -0.3 is 15.4 Å². The number of nitrogen functional groups attached to an aromatic ring is 1. The van der Waals surface area contributed by atoms with Crippen molar-refractivity contribution in [2.24, 2.45) is 0 Å². The molecule has 0 atom stereocenters. The Morgan fingerprint density at radius 3 is 2.40 bits per heavy atom. The quantitative estimate of drug-likeness (QED) is 0.760. The van der Waals surface area contributed by atoms with Crippen LogP contribution in [-0.2, 0) is 14.8 Å². The minimum atomic E-state index is -3.46. The summed E-state index contributed by atoms with van der Waals surface area (Å²) in [5.74, 6) is 0. The molecular formula is C13H23N3O3S. The predicted molar refractivity (Wildman–Crippen MR) is 81.5 cm³/mol. The number of ether oxygens (including phenoxy) is 1. The Bertz CT molecular complexity index is 544. The first-order chi connectivity index (χ1) is 9.34. The number of benzene rings is 1. The summed E-state index contributed by atoms with van der Waals surface area (Å²) in [6.07, 6.45) is 0. The van der Waals surface area contributed by atoms with Crippen LogP contribution in [-0.4, -0.2) is 53.6 Å². The third-order valence-electron chi connectivity index (χ3n) is 3.07. The maximum Gasteiger partial charge on any atom is 0.242 e. The monoisotopic (exact) mass is 301 g/mol. The van der Waals surface area contributed by atoms with Gasteiger partial charge in [-0.15, -0.1) is 0 Å². The van der Waals surface area contributed by atoms with E-state index in [1.807, 2.05) is 11.8 Å². The number of nitrogens with zero attached hydrogens (tertiary/aromatic N) is 2. The van der Waals surface area contributed by atoms with Crippen molar-refractivity contribution in [3.63, 3.8) is 0 Å². The molecule has 0 radical (unpaired) electrons. The van der Waals surface area contributed by atoms with Crippen LogP contribution in [0.3, 0.4) is 0 Å². The number of anilines is 2. The van der Waals surface area contributed by atoms with Gasteiger partial charge >= 0.3 is 0 Å². The number of sulfonamides is 1. The lowest BCUT2D eigenvalue weighted by molar-refractivity contribution is 0.205. The van der Waals surface area contributed by atoms with Gasteiger partial charge in [0.25, 0.3) is 0 Å². The lowest BCUT2D eigenvalue weighted by atomic mass is 10.2. The van der Waals surface area contributed by atoms with Crippen LogP contribution in [0.25, 0.3) is 0 Å². The van der Waals surface area contributed by atoms with Crippen molar-refractivity contribution in [2.45, 2.75) is 11.8 Å². The fraction of sp³-hybridized carbons (Fsp3) is 0.538. The first kappa shape index (κ1) is 16.7. The molecule has 0 fully saturated rings. The highest BCUT2D eigenvalue weighted by molar-refractivity contribution is 7.89. The molecule has 20 heavy (non-hydrogen) atoms. The van der Waals surface area contributed by atoms with E-state index in [0.29, 0.717) is 18.8 Å². The van der Waals surface area contributed by atoms with Crippen LogP contribution in [0, 0.1) is 0 Å². The number of hydrogen-bond donors (Lipinski definition) is 1. The van der Waals surface area contributed by atoms with Gasteiger partial charge in [-0.1, -0.05) is 0 Å². The Hall–Kier alpha value is -1.31. The second-order valence-electron chi connectivity index (χ2n) is 4.58. The van der Waals surface area contributed by atoms with Crippen LogP contribution in [0.1, 0.15) is 6.92 Å². The SMILES string of the molecule is CCN(CCOC)c1ccc(S(=O)(=O)N(C)C)cc1N. The predicted octanol–water partition coefficient (Wildman–Crippen LogP) is 0.992. The molecule has 0 aliphatic carbocycles. The molecule has 0 bridgehead atoms. The third kappa shape index (κ3) is 3.62. The van der Waals surface area contributed by atoms with Crippen molar-refractivity contribution in [1.29, 1.82) is 0 Å². The van der Waals surface area contributed by atoms with Gasteiger partial charge in [0, 0.05) is 34.3 Å². The first-order valence-corrected chi connectivity index (χ1v) is 7.84. The Morgan fingerprint density at radius 1 is 1.30 bits per heavy atom. The van der Waals surface area contributed by atoms with Crippen LogP contribution >= 0.6 is 0 Å². The Balaban J connectivity index is 3.10. The molecule has 0 aromatic heterocycles. The average Bonchev–Trinajstić information content (AvgIpc) is 2.40. The topological polar surface area (TPSA) is 75.9 Å². The molecular weight excluding hydrogens is 278 g/mol. The molecule has 0 aliphatic rings. The van der Waals surface area contributed by atoms with E-state index in [1.165, 1.54) is 24.5 Å². The zero-order valence-corrected chi connectivity index (χ0v) is 13.3. The first-order valence-electron chi connectivity index (χ1n) is 6.40. The summed E-state index contributed by atoms with van der Waals surface area (Å²) in [4.78, 5) is 2.25. The van der Waals surface area contributed by atoms with Crippen LogP contribution in [0.15, 0.2) is 23.1 Å². The van der Waals surface area contributed by atoms with E-state index >= 15 is 0 Å².